The van der Waals surface area contributed by atoms with Crippen LogP contribution in [0.15, 0.2) is 0 Å². The average Bonchev–Trinajstić information content (AvgIpc) is 3.06. The van der Waals surface area contributed by atoms with E-state index in [1.165, 1.54) is 0 Å². The van der Waals surface area contributed by atoms with Crippen molar-refractivity contribution in [2.45, 2.75) is 123 Å². The number of rotatable bonds is 6. The van der Waals surface area contributed by atoms with Gasteiger partial charge in [-0.15, -0.1) is 0 Å². The van der Waals surface area contributed by atoms with Crippen LogP contribution in [0, 0.1) is 40.4 Å². The van der Waals surface area contributed by atoms with E-state index in [1.54, 1.807) is 0 Å². The molecule has 0 heterocycles. The maximum Gasteiger partial charge on any atom is 0.438 e. The van der Waals surface area contributed by atoms with E-state index < -0.39 is 29.5 Å². The van der Waals surface area contributed by atoms with Crippen molar-refractivity contribution in [3.63, 3.8) is 0 Å². The van der Waals surface area contributed by atoms with Crippen molar-refractivity contribution in [2.75, 3.05) is 0 Å². The fourth-order valence-corrected chi connectivity index (χ4v) is 6.27. The van der Waals surface area contributed by atoms with E-state index >= 15 is 0 Å². The highest BCUT2D eigenvalue weighted by molar-refractivity contribution is 5.22. The normalized spacial score (nSPS) is 29.4. The quantitative estimate of drug-likeness (QED) is 0.290. The van der Waals surface area contributed by atoms with Gasteiger partial charge in [-0.05, 0) is 66.6 Å². The van der Waals surface area contributed by atoms with E-state index in [2.05, 4.69) is 26.7 Å². The molecule has 1 unspecified atom stereocenters. The maximum atomic E-state index is 13.0. The van der Waals surface area contributed by atoms with Gasteiger partial charge in [-0.25, -0.2) is 0 Å². The first-order valence-electron chi connectivity index (χ1n) is 12.5. The van der Waals surface area contributed by atoms with Crippen molar-refractivity contribution in [1.29, 1.82) is 0 Å². The molecule has 200 valence electrons. The molecule has 34 heavy (non-hydrogen) atoms. The minimum Gasteiger partial charge on any atom is -0.393 e. The number of alkyl halides is 6. The third-order valence-electron chi connectivity index (χ3n) is 8.04. The molecule has 0 aromatic carbocycles. The summed E-state index contributed by atoms with van der Waals surface area (Å²) in [6, 6.07) is 0. The second-order valence-corrected chi connectivity index (χ2v) is 10.8. The zero-order valence-electron chi connectivity index (χ0n) is 21.3. The van der Waals surface area contributed by atoms with Gasteiger partial charge in [0.15, 0.2) is 0 Å². The fraction of sp³-hybridized carbons (Fsp3) is 0.923. The van der Waals surface area contributed by atoms with E-state index in [-0.39, 0.29) is 23.7 Å². The van der Waals surface area contributed by atoms with Crippen LogP contribution < -0.4 is 0 Å². The highest BCUT2D eigenvalue weighted by atomic mass is 19.4. The van der Waals surface area contributed by atoms with E-state index in [1.807, 2.05) is 20.8 Å². The third-order valence-corrected chi connectivity index (χ3v) is 8.04. The molecule has 5 atom stereocenters. The number of hydrogen-bond donors (Lipinski definition) is 2. The summed E-state index contributed by atoms with van der Waals surface area (Å²) in [7, 11) is 0. The van der Waals surface area contributed by atoms with Gasteiger partial charge in [0.2, 0.25) is 0 Å². The van der Waals surface area contributed by atoms with Crippen LogP contribution in [-0.4, -0.2) is 34.3 Å². The van der Waals surface area contributed by atoms with Crippen LogP contribution in [0.25, 0.3) is 0 Å². The molecule has 0 spiro atoms. The van der Waals surface area contributed by atoms with Gasteiger partial charge in [-0.2, -0.15) is 26.3 Å². The van der Waals surface area contributed by atoms with Gasteiger partial charge in [0.05, 0.1) is 6.10 Å². The van der Waals surface area contributed by atoms with Crippen LogP contribution in [-0.2, 0) is 0 Å². The largest absolute Gasteiger partial charge is 0.438 e. The van der Waals surface area contributed by atoms with Crippen LogP contribution in [0.2, 0.25) is 0 Å². The number of aliphatic hydroxyl groups is 2. The zero-order chi connectivity index (χ0) is 26.6. The van der Waals surface area contributed by atoms with Crippen molar-refractivity contribution in [1.82, 2.24) is 0 Å². The lowest BCUT2D eigenvalue weighted by atomic mass is 9.56. The predicted molar refractivity (Wildman–Crippen MR) is 122 cm³/mol. The van der Waals surface area contributed by atoms with Gasteiger partial charge < -0.3 is 10.2 Å². The first-order valence-corrected chi connectivity index (χ1v) is 12.5. The Morgan fingerprint density at radius 1 is 1.00 bits per heavy atom. The van der Waals surface area contributed by atoms with Crippen LogP contribution >= 0.6 is 0 Å². The van der Waals surface area contributed by atoms with Crippen molar-refractivity contribution in [2.24, 2.45) is 28.6 Å². The van der Waals surface area contributed by atoms with Gasteiger partial charge in [0, 0.05) is 6.42 Å². The topological polar surface area (TPSA) is 40.5 Å². The van der Waals surface area contributed by atoms with Crippen LogP contribution in [0.1, 0.15) is 99.3 Å². The summed E-state index contributed by atoms with van der Waals surface area (Å²) < 4.78 is 78.2. The van der Waals surface area contributed by atoms with Gasteiger partial charge in [0.25, 0.3) is 0 Å². The first kappa shape index (κ1) is 31.1. The number of fused-ring (bicyclic) bond motifs is 1. The SMILES string of the molecule is CC.CC(C)CCC[C@@](C)(CC#CC(O)(C(F)(F)F)C(F)(F)F)[C@H]1CCC2[C@@H](O)CCC[C@@]21C. The fourth-order valence-electron chi connectivity index (χ4n) is 6.27. The van der Waals surface area contributed by atoms with E-state index in [0.29, 0.717) is 12.3 Å². The zero-order valence-corrected chi connectivity index (χ0v) is 21.3. The lowest BCUT2D eigenvalue weighted by Gasteiger charge is -2.49. The summed E-state index contributed by atoms with van der Waals surface area (Å²) in [6.45, 7) is 12.1. The summed E-state index contributed by atoms with van der Waals surface area (Å²) in [5.74, 6) is 3.81. The molecule has 0 aliphatic heterocycles. The summed E-state index contributed by atoms with van der Waals surface area (Å²) in [6.07, 6.45) is -6.15. The second-order valence-electron chi connectivity index (χ2n) is 10.8. The van der Waals surface area contributed by atoms with E-state index in [9.17, 15) is 36.6 Å². The Hall–Kier alpha value is -0.940. The molecular weight excluding hydrogens is 458 g/mol. The van der Waals surface area contributed by atoms with Crippen LogP contribution in [0.5, 0.6) is 0 Å². The molecule has 2 aliphatic rings. The molecule has 2 rings (SSSR count). The number of halogens is 6. The standard InChI is InChI=1S/C24H36F6O2.C2H6/c1-16(2)8-5-12-20(3,13-7-15-22(32,23(25,26)27)24(28,29)30)19-11-10-17-18(31)9-6-14-21(17,19)4;1-2/h16-19,31-32H,5-6,8-14H2,1-4H3;1-2H3/t17?,18-,19+,20-,21-;/m0./s1. The second kappa shape index (κ2) is 11.4. The Morgan fingerprint density at radius 2 is 1.56 bits per heavy atom. The molecule has 2 nitrogen and oxygen atoms in total. The molecule has 8 heteroatoms. The van der Waals surface area contributed by atoms with Gasteiger partial charge in [-0.1, -0.05) is 66.7 Å². The van der Waals surface area contributed by atoms with E-state index in [4.69, 9.17) is 0 Å². The molecule has 0 aromatic heterocycles. The Morgan fingerprint density at radius 3 is 2.06 bits per heavy atom. The van der Waals surface area contributed by atoms with Crippen molar-refractivity contribution < 1.29 is 36.6 Å². The predicted octanol–water partition coefficient (Wildman–Crippen LogP) is 7.67. The van der Waals surface area contributed by atoms with Crippen molar-refractivity contribution in [3.05, 3.63) is 0 Å². The molecule has 0 radical (unpaired) electrons. The highest BCUT2D eigenvalue weighted by Crippen LogP contribution is 2.62. The summed E-state index contributed by atoms with van der Waals surface area (Å²) in [4.78, 5) is 0. The molecule has 0 saturated heterocycles. The molecule has 0 aromatic rings. The van der Waals surface area contributed by atoms with Crippen molar-refractivity contribution in [3.8, 4) is 11.8 Å². The molecular formula is C26H42F6O2. The molecule has 0 amide bonds. The maximum absolute atomic E-state index is 13.0. The third kappa shape index (κ3) is 6.43. The van der Waals surface area contributed by atoms with Gasteiger partial charge in [-0.3, -0.25) is 0 Å². The summed E-state index contributed by atoms with van der Waals surface area (Å²) in [5.41, 5.74) is -5.88. The molecule has 2 fully saturated rings. The molecule has 2 saturated carbocycles. The van der Waals surface area contributed by atoms with Gasteiger partial charge in [0.1, 0.15) is 0 Å². The van der Waals surface area contributed by atoms with Crippen LogP contribution in [0.4, 0.5) is 26.3 Å². The Bertz CT molecular complexity index is 691. The Balaban J connectivity index is 0.00000281. The summed E-state index contributed by atoms with van der Waals surface area (Å²) >= 11 is 0. The minimum absolute atomic E-state index is 0.0290. The lowest BCUT2D eigenvalue weighted by molar-refractivity contribution is -0.343. The minimum atomic E-state index is -5.94. The lowest BCUT2D eigenvalue weighted by Crippen LogP contribution is -2.55. The Labute approximate surface area is 200 Å². The molecule has 0 bridgehead atoms. The number of hydrogen-bond acceptors (Lipinski definition) is 2. The smallest absolute Gasteiger partial charge is 0.393 e. The first-order chi connectivity index (χ1) is 15.5. The van der Waals surface area contributed by atoms with Crippen molar-refractivity contribution >= 4 is 0 Å². The average molecular weight is 501 g/mol. The van der Waals surface area contributed by atoms with E-state index in [0.717, 1.165) is 50.9 Å². The Kier molecular flexibility index (Phi) is 10.4. The van der Waals surface area contributed by atoms with Crippen LogP contribution in [0.3, 0.4) is 0 Å². The number of aliphatic hydroxyl groups excluding tert-OH is 1. The summed E-state index contributed by atoms with van der Waals surface area (Å²) in [5, 5.41) is 19.9. The monoisotopic (exact) mass is 500 g/mol. The molecule has 2 N–H and O–H groups in total. The van der Waals surface area contributed by atoms with Gasteiger partial charge >= 0.3 is 18.0 Å². The molecule has 2 aliphatic carbocycles. The highest BCUT2D eigenvalue weighted by Gasteiger charge is 2.70.